The van der Waals surface area contributed by atoms with Gasteiger partial charge >= 0.3 is 0 Å². The van der Waals surface area contributed by atoms with Crippen LogP contribution in [0.15, 0.2) is 18.2 Å². The van der Waals surface area contributed by atoms with Gasteiger partial charge in [-0.05, 0) is 36.8 Å². The zero-order chi connectivity index (χ0) is 10.1. The van der Waals surface area contributed by atoms with Gasteiger partial charge in [0, 0.05) is 5.92 Å². The summed E-state index contributed by atoms with van der Waals surface area (Å²) in [5, 5.41) is 9.17. The van der Waals surface area contributed by atoms with E-state index in [-0.39, 0.29) is 6.61 Å². The minimum absolute atomic E-state index is 0.170. The molecule has 0 atom stereocenters. The first-order chi connectivity index (χ1) is 6.72. The van der Waals surface area contributed by atoms with Crippen molar-refractivity contribution in [3.63, 3.8) is 0 Å². The van der Waals surface area contributed by atoms with Gasteiger partial charge in [-0.2, -0.15) is 0 Å². The Kier molecular flexibility index (Phi) is 2.60. The fourth-order valence-electron chi connectivity index (χ4n) is 1.88. The Hall–Kier alpha value is -0.820. The summed E-state index contributed by atoms with van der Waals surface area (Å²) in [5.74, 6) is 1.85. The molecule has 1 fully saturated rings. The van der Waals surface area contributed by atoms with Crippen molar-refractivity contribution in [3.8, 4) is 0 Å². The third-order valence-corrected chi connectivity index (χ3v) is 2.92. The van der Waals surface area contributed by atoms with E-state index in [0.717, 1.165) is 11.8 Å². The maximum Gasteiger partial charge on any atom is 0.0534 e. The molecule has 1 aromatic rings. The van der Waals surface area contributed by atoms with Crippen LogP contribution in [0.2, 0.25) is 0 Å². The number of rotatable bonds is 3. The lowest BCUT2D eigenvalue weighted by Crippen LogP contribution is -2.04. The highest BCUT2D eigenvalue weighted by molar-refractivity contribution is 5.44. The topological polar surface area (TPSA) is 20.2 Å². The Bertz CT molecular complexity index is 326. The molecule has 2 rings (SSSR count). The van der Waals surface area contributed by atoms with Crippen LogP contribution in [0, 0.1) is 12.8 Å². The molecule has 0 saturated heterocycles. The van der Waals surface area contributed by atoms with Crippen LogP contribution in [0.4, 0.5) is 0 Å². The van der Waals surface area contributed by atoms with Crippen LogP contribution < -0.4 is 0 Å². The fourth-order valence-corrected chi connectivity index (χ4v) is 1.88. The van der Waals surface area contributed by atoms with E-state index in [1.807, 2.05) is 6.92 Å². The van der Waals surface area contributed by atoms with Gasteiger partial charge in [0.25, 0.3) is 0 Å². The smallest absolute Gasteiger partial charge is 0.0534 e. The average Bonchev–Trinajstić information content (AvgIpc) is 3.00. The van der Waals surface area contributed by atoms with Gasteiger partial charge in [0.15, 0.2) is 0 Å². The molecule has 0 amide bonds. The lowest BCUT2D eigenvalue weighted by Gasteiger charge is -2.14. The van der Waals surface area contributed by atoms with Gasteiger partial charge in [-0.3, -0.25) is 0 Å². The highest BCUT2D eigenvalue weighted by Crippen LogP contribution is 2.43. The molecule has 75 valence electrons. The Morgan fingerprint density at radius 3 is 2.71 bits per heavy atom. The minimum Gasteiger partial charge on any atom is -0.395 e. The Labute approximate surface area is 85.8 Å². The van der Waals surface area contributed by atoms with Crippen LogP contribution in [-0.4, -0.2) is 11.7 Å². The minimum atomic E-state index is 0.170. The summed E-state index contributed by atoms with van der Waals surface area (Å²) in [7, 11) is 0. The highest BCUT2D eigenvalue weighted by atomic mass is 16.3. The summed E-state index contributed by atoms with van der Waals surface area (Å²) in [6.07, 6.45) is 2.63. The molecule has 0 unspecified atom stereocenters. The lowest BCUT2D eigenvalue weighted by atomic mass is 9.92. The summed E-state index contributed by atoms with van der Waals surface area (Å²) < 4.78 is 0. The lowest BCUT2D eigenvalue weighted by molar-refractivity contribution is 0.314. The van der Waals surface area contributed by atoms with Crippen molar-refractivity contribution in [3.05, 3.63) is 40.8 Å². The molecule has 14 heavy (non-hydrogen) atoms. The van der Waals surface area contributed by atoms with Crippen molar-refractivity contribution < 1.29 is 5.11 Å². The molecule has 1 aliphatic rings. The van der Waals surface area contributed by atoms with E-state index in [2.05, 4.69) is 25.1 Å². The molecule has 0 spiro atoms. The summed E-state index contributed by atoms with van der Waals surface area (Å²) >= 11 is 0. The molecule has 0 heterocycles. The van der Waals surface area contributed by atoms with Crippen molar-refractivity contribution in [2.45, 2.75) is 32.6 Å². The van der Waals surface area contributed by atoms with Crippen LogP contribution in [0.25, 0.3) is 0 Å². The zero-order valence-electron chi connectivity index (χ0n) is 8.88. The molecule has 0 aliphatic heterocycles. The van der Waals surface area contributed by atoms with E-state index < -0.39 is 0 Å². The van der Waals surface area contributed by atoms with Crippen molar-refractivity contribution in [1.29, 1.82) is 0 Å². The number of hydrogen-bond donors (Lipinski definition) is 1. The van der Waals surface area contributed by atoms with E-state index in [1.165, 1.54) is 29.5 Å². The van der Waals surface area contributed by atoms with Crippen LogP contribution >= 0.6 is 0 Å². The predicted molar refractivity (Wildman–Crippen MR) is 58.3 cm³/mol. The summed E-state index contributed by atoms with van der Waals surface area (Å²) in [6.45, 7) is 4.29. The van der Waals surface area contributed by atoms with Crippen LogP contribution in [-0.2, 0) is 0 Å². The number of aliphatic hydroxyl groups excluding tert-OH is 1. The molecule has 1 aliphatic carbocycles. The van der Waals surface area contributed by atoms with Gasteiger partial charge in [0.1, 0.15) is 0 Å². The van der Waals surface area contributed by atoms with Gasteiger partial charge in [-0.15, -0.1) is 0 Å². The van der Waals surface area contributed by atoms with E-state index in [4.69, 9.17) is 5.11 Å². The van der Waals surface area contributed by atoms with Crippen LogP contribution in [0.5, 0.6) is 0 Å². The number of hydrogen-bond acceptors (Lipinski definition) is 1. The van der Waals surface area contributed by atoms with Crippen LogP contribution in [0.3, 0.4) is 0 Å². The molecule has 1 heteroatoms. The van der Waals surface area contributed by atoms with Crippen molar-refractivity contribution >= 4 is 0 Å². The molecular formula is C13H17O. The van der Waals surface area contributed by atoms with E-state index >= 15 is 0 Å². The quantitative estimate of drug-likeness (QED) is 0.775. The molecule has 1 saturated carbocycles. The van der Waals surface area contributed by atoms with E-state index in [9.17, 15) is 0 Å². The van der Waals surface area contributed by atoms with E-state index in [1.54, 1.807) is 0 Å². The second-order valence-electron chi connectivity index (χ2n) is 4.30. The number of aliphatic hydroxyl groups is 1. The van der Waals surface area contributed by atoms with Gasteiger partial charge in [-0.1, -0.05) is 30.7 Å². The molecule has 0 aromatic heterocycles. The summed E-state index contributed by atoms with van der Waals surface area (Å²) in [4.78, 5) is 0. The maximum atomic E-state index is 9.17. The van der Waals surface area contributed by atoms with E-state index in [0.29, 0.717) is 0 Å². The SMILES string of the molecule is C[C](CO)c1cc(C)ccc1C1CC1. The van der Waals surface area contributed by atoms with Gasteiger partial charge in [0.2, 0.25) is 0 Å². The Balaban J connectivity index is 2.37. The third-order valence-electron chi connectivity index (χ3n) is 2.92. The monoisotopic (exact) mass is 189 g/mol. The van der Waals surface area contributed by atoms with Gasteiger partial charge in [0.05, 0.1) is 6.61 Å². The zero-order valence-corrected chi connectivity index (χ0v) is 8.88. The molecule has 1 N–H and O–H groups in total. The van der Waals surface area contributed by atoms with Gasteiger partial charge < -0.3 is 5.11 Å². The second-order valence-corrected chi connectivity index (χ2v) is 4.30. The standard InChI is InChI=1S/C13H17O/c1-9-3-6-12(11-4-5-11)13(7-9)10(2)8-14/h3,6-7,11,14H,4-5,8H2,1-2H3. The first-order valence-electron chi connectivity index (χ1n) is 5.26. The molecule has 1 nitrogen and oxygen atoms in total. The average molecular weight is 189 g/mol. The fraction of sp³-hybridized carbons (Fsp3) is 0.462. The first kappa shape index (κ1) is 9.72. The van der Waals surface area contributed by atoms with Crippen molar-refractivity contribution in [2.24, 2.45) is 0 Å². The largest absolute Gasteiger partial charge is 0.395 e. The van der Waals surface area contributed by atoms with Crippen molar-refractivity contribution in [1.82, 2.24) is 0 Å². The third kappa shape index (κ3) is 1.83. The Morgan fingerprint density at radius 2 is 2.14 bits per heavy atom. The van der Waals surface area contributed by atoms with Crippen molar-refractivity contribution in [2.75, 3.05) is 6.61 Å². The molecular weight excluding hydrogens is 172 g/mol. The van der Waals surface area contributed by atoms with Gasteiger partial charge in [-0.25, -0.2) is 0 Å². The maximum absolute atomic E-state index is 9.17. The molecule has 1 aromatic carbocycles. The summed E-state index contributed by atoms with van der Waals surface area (Å²) in [6, 6.07) is 6.59. The number of aryl methyl sites for hydroxylation is 1. The normalized spacial score (nSPS) is 16.3. The number of benzene rings is 1. The molecule has 0 bridgehead atoms. The highest BCUT2D eigenvalue weighted by Gasteiger charge is 2.27. The van der Waals surface area contributed by atoms with Crippen LogP contribution in [0.1, 0.15) is 42.4 Å². The molecule has 1 radical (unpaired) electrons. The Morgan fingerprint density at radius 1 is 1.43 bits per heavy atom. The first-order valence-corrected chi connectivity index (χ1v) is 5.26. The summed E-state index contributed by atoms with van der Waals surface area (Å²) in [5.41, 5.74) is 3.98. The second kappa shape index (κ2) is 3.74. The predicted octanol–water partition coefficient (Wildman–Crippen LogP) is 2.81.